The lowest BCUT2D eigenvalue weighted by Gasteiger charge is -2.28. The molecule has 1 aromatic heterocycles. The molecule has 1 heterocycles. The van der Waals surface area contributed by atoms with E-state index >= 15 is 0 Å². The highest BCUT2D eigenvalue weighted by Gasteiger charge is 2.35. The molecule has 1 aliphatic carbocycles. The van der Waals surface area contributed by atoms with Crippen LogP contribution in [0.2, 0.25) is 0 Å². The molecule has 0 spiro atoms. The van der Waals surface area contributed by atoms with E-state index in [1.807, 2.05) is 24.3 Å². The second-order valence-electron chi connectivity index (χ2n) is 6.84. The SMILES string of the molecule is CC(=N)C(C#N)C(=O)COC(=O)[C@H]1CCCC[C@@H]1c1nc2ccccc2s1. The van der Waals surface area contributed by atoms with Crippen LogP contribution in [0.15, 0.2) is 24.3 Å². The van der Waals surface area contributed by atoms with Crippen molar-refractivity contribution in [3.63, 3.8) is 0 Å². The maximum Gasteiger partial charge on any atom is 0.310 e. The number of nitrogens with zero attached hydrogens (tertiary/aromatic N) is 2. The topological polar surface area (TPSA) is 104 Å². The van der Waals surface area contributed by atoms with Gasteiger partial charge >= 0.3 is 5.97 Å². The van der Waals surface area contributed by atoms with Crippen LogP contribution in [0.3, 0.4) is 0 Å². The summed E-state index contributed by atoms with van der Waals surface area (Å²) in [5.74, 6) is -2.44. The summed E-state index contributed by atoms with van der Waals surface area (Å²) in [6.45, 7) is 0.939. The van der Waals surface area contributed by atoms with Gasteiger partial charge in [-0.25, -0.2) is 4.98 Å². The van der Waals surface area contributed by atoms with E-state index in [1.54, 1.807) is 17.4 Å². The number of ketones is 1. The second kappa shape index (κ2) is 8.40. The average Bonchev–Trinajstić information content (AvgIpc) is 3.10. The number of Topliss-reactive ketones (excluding diaryl/α,β-unsaturated/α-hetero) is 1. The number of hydrogen-bond donors (Lipinski definition) is 1. The van der Waals surface area contributed by atoms with E-state index in [9.17, 15) is 9.59 Å². The molecule has 2 aromatic rings. The number of para-hydroxylation sites is 1. The number of benzene rings is 1. The van der Waals surface area contributed by atoms with E-state index in [1.165, 1.54) is 6.92 Å². The highest BCUT2D eigenvalue weighted by molar-refractivity contribution is 7.18. The first-order valence-electron chi connectivity index (χ1n) is 9.00. The standard InChI is InChI=1S/C20H21N3O3S/c1-12(22)15(10-21)17(24)11-26-20(25)14-7-3-2-6-13(14)19-23-16-8-4-5-9-18(16)27-19/h4-5,8-9,13-15,22H,2-3,6-7,11H2,1H3/t13-,14-,15?/m0/s1. The fourth-order valence-corrected chi connectivity index (χ4v) is 4.67. The van der Waals surface area contributed by atoms with Crippen LogP contribution in [-0.2, 0) is 14.3 Å². The number of thiazole rings is 1. The zero-order valence-corrected chi connectivity index (χ0v) is 15.9. The summed E-state index contributed by atoms with van der Waals surface area (Å²) < 4.78 is 6.34. The molecule has 0 amide bonds. The number of carbonyl (C=O) groups is 2. The maximum absolute atomic E-state index is 12.6. The van der Waals surface area contributed by atoms with Gasteiger partial charge < -0.3 is 10.1 Å². The molecule has 3 rings (SSSR count). The number of aromatic nitrogens is 1. The highest BCUT2D eigenvalue weighted by Crippen LogP contribution is 2.41. The molecule has 1 saturated carbocycles. The quantitative estimate of drug-likeness (QED) is 0.602. The molecule has 0 aliphatic heterocycles. The Kier molecular flexibility index (Phi) is 5.97. The normalized spacial score (nSPS) is 20.6. The average molecular weight is 383 g/mol. The molecule has 1 fully saturated rings. The van der Waals surface area contributed by atoms with E-state index in [4.69, 9.17) is 20.4 Å². The van der Waals surface area contributed by atoms with Crippen LogP contribution in [0.1, 0.15) is 43.5 Å². The molecule has 1 unspecified atom stereocenters. The minimum Gasteiger partial charge on any atom is -0.457 e. The van der Waals surface area contributed by atoms with Gasteiger partial charge in [-0.15, -0.1) is 11.3 Å². The highest BCUT2D eigenvalue weighted by atomic mass is 32.1. The van der Waals surface area contributed by atoms with Gasteiger partial charge in [0, 0.05) is 11.6 Å². The van der Waals surface area contributed by atoms with Gasteiger partial charge in [-0.05, 0) is 31.9 Å². The van der Waals surface area contributed by atoms with Gasteiger partial charge in [-0.2, -0.15) is 5.26 Å². The molecular formula is C20H21N3O3S. The Hall–Kier alpha value is -2.59. The maximum atomic E-state index is 12.6. The molecular weight excluding hydrogens is 362 g/mol. The summed E-state index contributed by atoms with van der Waals surface area (Å²) >= 11 is 1.60. The van der Waals surface area contributed by atoms with Crippen molar-refractivity contribution in [2.75, 3.05) is 6.61 Å². The molecule has 0 saturated heterocycles. The number of nitrogens with one attached hydrogen (secondary N) is 1. The first kappa shape index (κ1) is 19.2. The van der Waals surface area contributed by atoms with Crippen LogP contribution >= 0.6 is 11.3 Å². The summed E-state index contributed by atoms with van der Waals surface area (Å²) in [5.41, 5.74) is 0.896. The fraction of sp³-hybridized carbons (Fsp3) is 0.450. The Morgan fingerprint density at radius 3 is 2.81 bits per heavy atom. The van der Waals surface area contributed by atoms with E-state index in [0.29, 0.717) is 6.42 Å². The summed E-state index contributed by atoms with van der Waals surface area (Å²) in [4.78, 5) is 29.4. The summed E-state index contributed by atoms with van der Waals surface area (Å²) in [5, 5.41) is 17.4. The number of esters is 1. The fourth-order valence-electron chi connectivity index (χ4n) is 3.50. The molecule has 1 N–H and O–H groups in total. The molecule has 140 valence electrons. The lowest BCUT2D eigenvalue weighted by Crippen LogP contribution is -2.31. The minimum absolute atomic E-state index is 0.00464. The molecule has 1 aromatic carbocycles. The van der Waals surface area contributed by atoms with Gasteiger partial charge in [0.2, 0.25) is 0 Å². The largest absolute Gasteiger partial charge is 0.457 e. The van der Waals surface area contributed by atoms with Crippen LogP contribution in [0, 0.1) is 28.6 Å². The van der Waals surface area contributed by atoms with Crippen molar-refractivity contribution in [3.8, 4) is 6.07 Å². The Morgan fingerprint density at radius 1 is 1.37 bits per heavy atom. The van der Waals surface area contributed by atoms with Crippen LogP contribution in [0.25, 0.3) is 10.2 Å². The molecule has 1 aliphatic rings. The summed E-state index contributed by atoms with van der Waals surface area (Å²) in [6, 6.07) is 9.68. The third-order valence-electron chi connectivity index (χ3n) is 4.94. The van der Waals surface area contributed by atoms with Gasteiger partial charge in [0.25, 0.3) is 0 Å². The lowest BCUT2D eigenvalue weighted by atomic mass is 9.79. The van der Waals surface area contributed by atoms with Crippen LogP contribution < -0.4 is 0 Å². The van der Waals surface area contributed by atoms with E-state index in [-0.39, 0.29) is 17.5 Å². The van der Waals surface area contributed by atoms with Gasteiger partial charge in [0.15, 0.2) is 12.4 Å². The number of hydrogen-bond acceptors (Lipinski definition) is 7. The van der Waals surface area contributed by atoms with Crippen molar-refractivity contribution in [3.05, 3.63) is 29.3 Å². The van der Waals surface area contributed by atoms with E-state index in [0.717, 1.165) is 34.5 Å². The summed E-state index contributed by atoms with van der Waals surface area (Å²) in [6.07, 6.45) is 3.55. The van der Waals surface area contributed by atoms with Crippen LogP contribution in [0.5, 0.6) is 0 Å². The monoisotopic (exact) mass is 383 g/mol. The van der Waals surface area contributed by atoms with E-state index < -0.39 is 24.3 Å². The number of ether oxygens (including phenoxy) is 1. The lowest BCUT2D eigenvalue weighted by molar-refractivity contribution is -0.154. The zero-order valence-electron chi connectivity index (χ0n) is 15.1. The predicted octanol–water partition coefficient (Wildman–Crippen LogP) is 3.86. The van der Waals surface area contributed by atoms with Gasteiger partial charge in [-0.3, -0.25) is 9.59 Å². The molecule has 7 heteroatoms. The Bertz CT molecular complexity index is 882. The minimum atomic E-state index is -1.15. The third-order valence-corrected chi connectivity index (χ3v) is 6.11. The van der Waals surface area contributed by atoms with Crippen molar-refractivity contribution in [1.29, 1.82) is 10.7 Å². The molecule has 6 nitrogen and oxygen atoms in total. The number of rotatable bonds is 6. The van der Waals surface area contributed by atoms with Crippen LogP contribution in [-0.4, -0.2) is 29.1 Å². The molecule has 3 atom stereocenters. The second-order valence-corrected chi connectivity index (χ2v) is 7.90. The smallest absolute Gasteiger partial charge is 0.310 e. The third kappa shape index (κ3) is 4.22. The summed E-state index contributed by atoms with van der Waals surface area (Å²) in [7, 11) is 0. The Labute approximate surface area is 161 Å². The van der Waals surface area contributed by atoms with Crippen molar-refractivity contribution in [2.24, 2.45) is 11.8 Å². The van der Waals surface area contributed by atoms with Crippen molar-refractivity contribution >= 4 is 39.0 Å². The molecule has 27 heavy (non-hydrogen) atoms. The first-order chi connectivity index (χ1) is 13.0. The molecule has 0 bridgehead atoms. The van der Waals surface area contributed by atoms with Crippen LogP contribution in [0.4, 0.5) is 0 Å². The van der Waals surface area contributed by atoms with Crippen molar-refractivity contribution in [1.82, 2.24) is 4.98 Å². The Morgan fingerprint density at radius 2 is 2.11 bits per heavy atom. The van der Waals surface area contributed by atoms with Crippen molar-refractivity contribution in [2.45, 2.75) is 38.5 Å². The zero-order chi connectivity index (χ0) is 19.4. The number of fused-ring (bicyclic) bond motifs is 1. The van der Waals surface area contributed by atoms with Gasteiger partial charge in [-0.1, -0.05) is 25.0 Å². The van der Waals surface area contributed by atoms with Gasteiger partial charge in [0.05, 0.1) is 27.2 Å². The number of nitriles is 1. The molecule has 0 radical (unpaired) electrons. The van der Waals surface area contributed by atoms with Crippen molar-refractivity contribution < 1.29 is 14.3 Å². The van der Waals surface area contributed by atoms with E-state index in [2.05, 4.69) is 0 Å². The van der Waals surface area contributed by atoms with Gasteiger partial charge in [0.1, 0.15) is 5.92 Å². The Balaban J connectivity index is 1.71. The predicted molar refractivity (Wildman–Crippen MR) is 103 cm³/mol. The first-order valence-corrected chi connectivity index (χ1v) is 9.82. The number of carbonyl (C=O) groups excluding carboxylic acids is 2.